The summed E-state index contributed by atoms with van der Waals surface area (Å²) in [5.41, 5.74) is 0.796. The fourth-order valence-electron chi connectivity index (χ4n) is 2.05. The molecular formula is C16H24N2O3. The summed E-state index contributed by atoms with van der Waals surface area (Å²) in [6.07, 6.45) is 0.863. The molecule has 0 aliphatic rings. The summed E-state index contributed by atoms with van der Waals surface area (Å²) in [4.78, 5) is 24.8. The van der Waals surface area contributed by atoms with Gasteiger partial charge in [-0.15, -0.1) is 0 Å². The Balaban J connectivity index is 2.73. The lowest BCUT2D eigenvalue weighted by Gasteiger charge is -2.25. The molecule has 0 saturated heterocycles. The van der Waals surface area contributed by atoms with Gasteiger partial charge in [0.25, 0.3) is 0 Å². The lowest BCUT2D eigenvalue weighted by Crippen LogP contribution is -2.41. The monoisotopic (exact) mass is 292 g/mol. The van der Waals surface area contributed by atoms with Crippen LogP contribution >= 0.6 is 0 Å². The number of hydrogen-bond acceptors (Lipinski definition) is 2. The lowest BCUT2D eigenvalue weighted by molar-refractivity contribution is -0.137. The largest absolute Gasteiger partial charge is 0.481 e. The van der Waals surface area contributed by atoms with Crippen LogP contribution in [0.5, 0.6) is 0 Å². The highest BCUT2D eigenvalue weighted by Gasteiger charge is 2.20. The molecule has 21 heavy (non-hydrogen) atoms. The molecule has 0 aliphatic heterocycles. The predicted molar refractivity (Wildman–Crippen MR) is 82.1 cm³/mol. The second kappa shape index (κ2) is 8.29. The Kier molecular flexibility index (Phi) is 6.72. The normalized spacial score (nSPS) is 13.3. The van der Waals surface area contributed by atoms with E-state index in [0.717, 1.165) is 12.0 Å². The number of urea groups is 1. The molecule has 0 fully saturated rings. The third-order valence-corrected chi connectivity index (χ3v) is 3.51. The van der Waals surface area contributed by atoms with Gasteiger partial charge in [-0.3, -0.25) is 4.79 Å². The van der Waals surface area contributed by atoms with Crippen molar-refractivity contribution in [3.63, 3.8) is 0 Å². The Morgan fingerprint density at radius 3 is 2.43 bits per heavy atom. The van der Waals surface area contributed by atoms with Crippen LogP contribution in [0.3, 0.4) is 0 Å². The number of carboxylic acids is 1. The minimum atomic E-state index is -0.936. The van der Waals surface area contributed by atoms with Gasteiger partial charge in [-0.25, -0.2) is 4.79 Å². The standard InChI is InChI=1S/C16H24N2O3/c1-4-12(2)11-18(3)16(21)17-14(10-15(19)20)13-8-6-5-7-9-13/h5-9,12,14H,4,10-11H2,1-3H3,(H,17,21)(H,19,20). The van der Waals surface area contributed by atoms with E-state index in [9.17, 15) is 9.59 Å². The molecule has 0 aromatic heterocycles. The van der Waals surface area contributed by atoms with Gasteiger partial charge in [0.1, 0.15) is 0 Å². The molecule has 0 saturated carbocycles. The smallest absolute Gasteiger partial charge is 0.317 e. The average Bonchev–Trinajstić information content (AvgIpc) is 2.46. The fourth-order valence-corrected chi connectivity index (χ4v) is 2.05. The second-order valence-electron chi connectivity index (χ2n) is 5.40. The third-order valence-electron chi connectivity index (χ3n) is 3.51. The summed E-state index contributed by atoms with van der Waals surface area (Å²) >= 11 is 0. The van der Waals surface area contributed by atoms with Crippen molar-refractivity contribution in [2.75, 3.05) is 13.6 Å². The Labute approximate surface area is 126 Å². The van der Waals surface area contributed by atoms with Gasteiger partial charge in [-0.2, -0.15) is 0 Å². The Bertz CT molecular complexity index is 462. The number of carboxylic acid groups (broad SMARTS) is 1. The van der Waals surface area contributed by atoms with Crippen molar-refractivity contribution in [2.45, 2.75) is 32.7 Å². The van der Waals surface area contributed by atoms with Crippen LogP contribution in [-0.4, -0.2) is 35.6 Å². The van der Waals surface area contributed by atoms with Crippen LogP contribution in [0.2, 0.25) is 0 Å². The van der Waals surface area contributed by atoms with E-state index in [1.165, 1.54) is 0 Å². The van der Waals surface area contributed by atoms with Gasteiger partial charge in [-0.05, 0) is 11.5 Å². The van der Waals surface area contributed by atoms with Crippen molar-refractivity contribution in [1.29, 1.82) is 0 Å². The van der Waals surface area contributed by atoms with Gasteiger partial charge in [0, 0.05) is 13.6 Å². The quantitative estimate of drug-likeness (QED) is 0.812. The molecule has 5 heteroatoms. The maximum Gasteiger partial charge on any atom is 0.317 e. The van der Waals surface area contributed by atoms with E-state index in [1.807, 2.05) is 30.3 Å². The minimum Gasteiger partial charge on any atom is -0.481 e. The molecule has 2 atom stereocenters. The maximum absolute atomic E-state index is 12.2. The van der Waals surface area contributed by atoms with E-state index < -0.39 is 12.0 Å². The zero-order chi connectivity index (χ0) is 15.8. The molecule has 0 heterocycles. The Morgan fingerprint density at radius 1 is 1.29 bits per heavy atom. The molecule has 0 bridgehead atoms. The minimum absolute atomic E-state index is 0.132. The molecule has 2 unspecified atom stereocenters. The number of carbonyl (C=O) groups excluding carboxylic acids is 1. The summed E-state index contributed by atoms with van der Waals surface area (Å²) in [5, 5.41) is 11.8. The molecule has 1 aromatic carbocycles. The zero-order valence-electron chi connectivity index (χ0n) is 12.9. The number of nitrogens with one attached hydrogen (secondary N) is 1. The van der Waals surface area contributed by atoms with Crippen LogP contribution in [0, 0.1) is 5.92 Å². The summed E-state index contributed by atoms with van der Waals surface area (Å²) in [6, 6.07) is 8.41. The molecule has 5 nitrogen and oxygen atoms in total. The van der Waals surface area contributed by atoms with E-state index >= 15 is 0 Å². The molecule has 0 radical (unpaired) electrons. The first-order valence-corrected chi connectivity index (χ1v) is 7.22. The summed E-state index contributed by atoms with van der Waals surface area (Å²) in [5.74, 6) is -0.524. The number of carbonyl (C=O) groups is 2. The number of amides is 2. The van der Waals surface area contributed by atoms with Crippen molar-refractivity contribution in [1.82, 2.24) is 10.2 Å². The number of hydrogen-bond donors (Lipinski definition) is 2. The summed E-state index contributed by atoms with van der Waals surface area (Å²) in [6.45, 7) is 4.81. The number of rotatable bonds is 7. The second-order valence-corrected chi connectivity index (χ2v) is 5.40. The molecule has 116 valence electrons. The number of aliphatic carboxylic acids is 1. The topological polar surface area (TPSA) is 69.6 Å². The van der Waals surface area contributed by atoms with Crippen molar-refractivity contribution in [3.8, 4) is 0 Å². The zero-order valence-corrected chi connectivity index (χ0v) is 12.9. The van der Waals surface area contributed by atoms with Crippen molar-refractivity contribution in [2.24, 2.45) is 5.92 Å². The average molecular weight is 292 g/mol. The maximum atomic E-state index is 12.2. The molecular weight excluding hydrogens is 268 g/mol. The molecule has 2 N–H and O–H groups in total. The molecule has 0 spiro atoms. The lowest BCUT2D eigenvalue weighted by atomic mass is 10.0. The van der Waals surface area contributed by atoms with E-state index in [-0.39, 0.29) is 12.5 Å². The van der Waals surface area contributed by atoms with Gasteiger partial charge in [0.15, 0.2) is 0 Å². The van der Waals surface area contributed by atoms with Gasteiger partial charge in [0.05, 0.1) is 12.5 Å². The van der Waals surface area contributed by atoms with Crippen LogP contribution in [-0.2, 0) is 4.79 Å². The Morgan fingerprint density at radius 2 is 1.90 bits per heavy atom. The van der Waals surface area contributed by atoms with E-state index in [4.69, 9.17) is 5.11 Å². The van der Waals surface area contributed by atoms with Gasteiger partial charge in [-0.1, -0.05) is 50.6 Å². The molecule has 1 aromatic rings. The first-order valence-electron chi connectivity index (χ1n) is 7.22. The Hall–Kier alpha value is -2.04. The van der Waals surface area contributed by atoms with Crippen LogP contribution in [0.4, 0.5) is 4.79 Å². The van der Waals surface area contributed by atoms with Crippen molar-refractivity contribution >= 4 is 12.0 Å². The number of benzene rings is 1. The van der Waals surface area contributed by atoms with E-state index in [1.54, 1.807) is 11.9 Å². The molecule has 0 aliphatic carbocycles. The van der Waals surface area contributed by atoms with E-state index in [2.05, 4.69) is 19.2 Å². The van der Waals surface area contributed by atoms with Crippen LogP contribution in [0.15, 0.2) is 30.3 Å². The summed E-state index contributed by atoms with van der Waals surface area (Å²) < 4.78 is 0. The highest BCUT2D eigenvalue weighted by atomic mass is 16.4. The first kappa shape index (κ1) is 17.0. The van der Waals surface area contributed by atoms with Crippen LogP contribution in [0.25, 0.3) is 0 Å². The van der Waals surface area contributed by atoms with Gasteiger partial charge >= 0.3 is 12.0 Å². The van der Waals surface area contributed by atoms with E-state index in [0.29, 0.717) is 12.5 Å². The third kappa shape index (κ3) is 5.85. The van der Waals surface area contributed by atoms with Crippen molar-refractivity contribution in [3.05, 3.63) is 35.9 Å². The van der Waals surface area contributed by atoms with Crippen LogP contribution in [0.1, 0.15) is 38.3 Å². The highest BCUT2D eigenvalue weighted by Crippen LogP contribution is 2.17. The van der Waals surface area contributed by atoms with Gasteiger partial charge in [0.2, 0.25) is 0 Å². The van der Waals surface area contributed by atoms with Crippen LogP contribution < -0.4 is 5.32 Å². The van der Waals surface area contributed by atoms with Crippen molar-refractivity contribution < 1.29 is 14.7 Å². The van der Waals surface area contributed by atoms with Gasteiger partial charge < -0.3 is 15.3 Å². The first-order chi connectivity index (χ1) is 9.93. The molecule has 2 amide bonds. The SMILES string of the molecule is CCC(C)CN(C)C(=O)NC(CC(=O)O)c1ccccc1. The number of nitrogens with zero attached hydrogens (tertiary/aromatic N) is 1. The highest BCUT2D eigenvalue weighted by molar-refractivity contribution is 5.76. The molecule has 1 rings (SSSR count). The summed E-state index contributed by atoms with van der Waals surface area (Å²) in [7, 11) is 1.73. The fraction of sp³-hybridized carbons (Fsp3) is 0.500. The predicted octanol–water partition coefficient (Wildman–Crippen LogP) is 2.89.